The van der Waals surface area contributed by atoms with Gasteiger partial charge in [0.2, 0.25) is 10.0 Å². The Morgan fingerprint density at radius 3 is 2.69 bits per heavy atom. The lowest BCUT2D eigenvalue weighted by Crippen LogP contribution is -2.24. The number of sulfonamides is 1. The predicted octanol–water partition coefficient (Wildman–Crippen LogP) is 1.76. The summed E-state index contributed by atoms with van der Waals surface area (Å²) in [6.07, 6.45) is 0. The van der Waals surface area contributed by atoms with E-state index < -0.39 is 10.0 Å². The van der Waals surface area contributed by atoms with Crippen LogP contribution in [0.15, 0.2) is 34.2 Å². The van der Waals surface area contributed by atoms with Crippen molar-refractivity contribution in [3.05, 3.63) is 34.8 Å². The highest BCUT2D eigenvalue weighted by molar-refractivity contribution is 9.11. The first-order valence-electron chi connectivity index (χ1n) is 4.52. The van der Waals surface area contributed by atoms with Gasteiger partial charge in [0.25, 0.3) is 0 Å². The van der Waals surface area contributed by atoms with Gasteiger partial charge in [-0.05, 0) is 24.6 Å². The van der Waals surface area contributed by atoms with E-state index in [2.05, 4.69) is 27.2 Å². The molecule has 4 nitrogen and oxygen atoms in total. The molecule has 1 aromatic carbocycles. The summed E-state index contributed by atoms with van der Waals surface area (Å²) in [5, 5.41) is 0. The van der Waals surface area contributed by atoms with Gasteiger partial charge in [0.1, 0.15) is 0 Å². The fourth-order valence-electron chi connectivity index (χ4n) is 1.04. The lowest BCUT2D eigenvalue weighted by atomic mass is 10.2. The van der Waals surface area contributed by atoms with Gasteiger partial charge in [-0.15, -0.1) is 0 Å². The molecule has 0 aliphatic rings. The molecule has 0 fully saturated rings. The van der Waals surface area contributed by atoms with E-state index in [0.717, 1.165) is 5.56 Å². The summed E-state index contributed by atoms with van der Waals surface area (Å²) in [5.74, 6) is 0. The summed E-state index contributed by atoms with van der Waals surface area (Å²) >= 11 is 3.08. The molecule has 1 rings (SSSR count). The maximum atomic E-state index is 11.8. The van der Waals surface area contributed by atoms with Crippen LogP contribution in [0.3, 0.4) is 0 Å². The van der Waals surface area contributed by atoms with Gasteiger partial charge in [0, 0.05) is 16.7 Å². The second kappa shape index (κ2) is 4.99. The Morgan fingerprint density at radius 1 is 1.56 bits per heavy atom. The molecule has 0 aliphatic heterocycles. The van der Waals surface area contributed by atoms with Crippen molar-refractivity contribution in [2.75, 3.05) is 12.3 Å². The third-order valence-corrected chi connectivity index (χ3v) is 3.69. The minimum absolute atomic E-state index is 0.149. The Balaban J connectivity index is 2.99. The zero-order chi connectivity index (χ0) is 12.3. The normalized spacial score (nSPS) is 11.4. The van der Waals surface area contributed by atoms with Crippen LogP contribution in [0.25, 0.3) is 0 Å². The van der Waals surface area contributed by atoms with Gasteiger partial charge in [0.05, 0.1) is 4.90 Å². The molecule has 0 aliphatic carbocycles. The second-order valence-corrected chi connectivity index (χ2v) is 6.25. The number of aryl methyl sites for hydroxylation is 1. The van der Waals surface area contributed by atoms with Crippen LogP contribution in [-0.4, -0.2) is 15.0 Å². The van der Waals surface area contributed by atoms with E-state index in [9.17, 15) is 8.42 Å². The van der Waals surface area contributed by atoms with E-state index in [1.807, 2.05) is 6.92 Å². The maximum absolute atomic E-state index is 11.8. The Kier molecular flexibility index (Phi) is 4.12. The van der Waals surface area contributed by atoms with Crippen LogP contribution in [-0.2, 0) is 10.0 Å². The predicted molar refractivity (Wildman–Crippen MR) is 68.8 cm³/mol. The molecule has 0 heterocycles. The van der Waals surface area contributed by atoms with E-state index in [1.54, 1.807) is 6.07 Å². The minimum Gasteiger partial charge on any atom is -0.398 e. The van der Waals surface area contributed by atoms with Crippen LogP contribution in [0.5, 0.6) is 0 Å². The zero-order valence-corrected chi connectivity index (χ0v) is 11.2. The Hall–Kier alpha value is -0.850. The first kappa shape index (κ1) is 13.2. The molecule has 6 heteroatoms. The van der Waals surface area contributed by atoms with Crippen molar-refractivity contribution in [1.82, 2.24) is 4.72 Å². The summed E-state index contributed by atoms with van der Waals surface area (Å²) in [6, 6.07) is 4.63. The van der Waals surface area contributed by atoms with Crippen molar-refractivity contribution >= 4 is 31.6 Å². The smallest absolute Gasteiger partial charge is 0.240 e. The average Bonchev–Trinajstić information content (AvgIpc) is 2.19. The van der Waals surface area contributed by atoms with Crippen molar-refractivity contribution in [1.29, 1.82) is 0 Å². The number of anilines is 1. The quantitative estimate of drug-likeness (QED) is 0.833. The number of hydrogen-bond acceptors (Lipinski definition) is 3. The summed E-state index contributed by atoms with van der Waals surface area (Å²) < 4.78 is 26.5. The van der Waals surface area contributed by atoms with Crippen molar-refractivity contribution < 1.29 is 8.42 Å². The third-order valence-electron chi connectivity index (χ3n) is 2.02. The number of rotatable bonds is 4. The Labute approximate surface area is 104 Å². The third kappa shape index (κ3) is 3.33. The molecule has 3 N–H and O–H groups in total. The zero-order valence-electron chi connectivity index (χ0n) is 8.83. The van der Waals surface area contributed by atoms with Crippen molar-refractivity contribution in [2.45, 2.75) is 11.8 Å². The number of nitrogens with two attached hydrogens (primary N) is 1. The first-order valence-corrected chi connectivity index (χ1v) is 6.79. The van der Waals surface area contributed by atoms with Gasteiger partial charge in [-0.2, -0.15) is 0 Å². The molecule has 88 valence electrons. The summed E-state index contributed by atoms with van der Waals surface area (Å²) in [5.41, 5.74) is 6.96. The van der Waals surface area contributed by atoms with Gasteiger partial charge in [0.15, 0.2) is 0 Å². The van der Waals surface area contributed by atoms with Crippen LogP contribution in [0.4, 0.5) is 5.69 Å². The molecule has 16 heavy (non-hydrogen) atoms. The highest BCUT2D eigenvalue weighted by Crippen LogP contribution is 2.17. The molecule has 0 radical (unpaired) electrons. The number of halogens is 1. The van der Waals surface area contributed by atoms with Gasteiger partial charge in [-0.1, -0.05) is 28.6 Å². The van der Waals surface area contributed by atoms with E-state index in [-0.39, 0.29) is 11.4 Å². The van der Waals surface area contributed by atoms with Gasteiger partial charge < -0.3 is 5.73 Å². The lowest BCUT2D eigenvalue weighted by molar-refractivity contribution is 0.585. The highest BCUT2D eigenvalue weighted by Gasteiger charge is 2.14. The lowest BCUT2D eigenvalue weighted by Gasteiger charge is -2.07. The van der Waals surface area contributed by atoms with E-state index in [0.29, 0.717) is 10.2 Å². The van der Waals surface area contributed by atoms with Crippen LogP contribution >= 0.6 is 15.9 Å². The molecule has 0 saturated carbocycles. The van der Waals surface area contributed by atoms with Gasteiger partial charge >= 0.3 is 0 Å². The number of hydrogen-bond donors (Lipinski definition) is 2. The molecule has 0 bridgehead atoms. The van der Waals surface area contributed by atoms with Crippen molar-refractivity contribution in [3.63, 3.8) is 0 Å². The topological polar surface area (TPSA) is 72.2 Å². The standard InChI is InChI=1S/C10H13BrN2O2S/c1-7-3-4-9(5-10(7)12)16(14,15)13-6-8(2)11/h3-5,13H,2,6,12H2,1H3. The molecule has 0 amide bonds. The van der Waals surface area contributed by atoms with E-state index in [4.69, 9.17) is 5.73 Å². The largest absolute Gasteiger partial charge is 0.398 e. The molecule has 0 atom stereocenters. The fourth-order valence-corrected chi connectivity index (χ4v) is 2.43. The maximum Gasteiger partial charge on any atom is 0.240 e. The van der Waals surface area contributed by atoms with Crippen molar-refractivity contribution in [3.8, 4) is 0 Å². The SMILES string of the molecule is C=C(Br)CNS(=O)(=O)c1ccc(C)c(N)c1. The fraction of sp³-hybridized carbons (Fsp3) is 0.200. The summed E-state index contributed by atoms with van der Waals surface area (Å²) in [6.45, 7) is 5.52. The molecular weight excluding hydrogens is 292 g/mol. The molecule has 0 spiro atoms. The van der Waals surface area contributed by atoms with Crippen molar-refractivity contribution in [2.24, 2.45) is 0 Å². The highest BCUT2D eigenvalue weighted by atomic mass is 79.9. The average molecular weight is 305 g/mol. The Bertz CT molecular complexity index is 512. The van der Waals surface area contributed by atoms with Crippen LogP contribution < -0.4 is 10.5 Å². The second-order valence-electron chi connectivity index (χ2n) is 3.36. The monoisotopic (exact) mass is 304 g/mol. The van der Waals surface area contributed by atoms with Crippen LogP contribution in [0, 0.1) is 6.92 Å². The van der Waals surface area contributed by atoms with Gasteiger partial charge in [-0.25, -0.2) is 13.1 Å². The Morgan fingerprint density at radius 2 is 2.19 bits per heavy atom. The van der Waals surface area contributed by atoms with E-state index in [1.165, 1.54) is 12.1 Å². The van der Waals surface area contributed by atoms with Crippen LogP contribution in [0.2, 0.25) is 0 Å². The molecule has 0 unspecified atom stereocenters. The molecule has 1 aromatic rings. The van der Waals surface area contributed by atoms with E-state index >= 15 is 0 Å². The number of benzene rings is 1. The van der Waals surface area contributed by atoms with Crippen LogP contribution in [0.1, 0.15) is 5.56 Å². The number of nitrogen functional groups attached to an aromatic ring is 1. The molecule has 0 saturated heterocycles. The molecular formula is C10H13BrN2O2S. The first-order chi connectivity index (χ1) is 7.33. The van der Waals surface area contributed by atoms with Gasteiger partial charge in [-0.3, -0.25) is 0 Å². The minimum atomic E-state index is -3.52. The molecule has 0 aromatic heterocycles. The summed E-state index contributed by atoms with van der Waals surface area (Å²) in [7, 11) is -3.52. The number of nitrogens with one attached hydrogen (secondary N) is 1. The summed E-state index contributed by atoms with van der Waals surface area (Å²) in [4.78, 5) is 0.157.